The van der Waals surface area contributed by atoms with E-state index in [4.69, 9.17) is 16.3 Å². The van der Waals surface area contributed by atoms with Gasteiger partial charge in [0.15, 0.2) is 6.54 Å². The highest BCUT2D eigenvalue weighted by Crippen LogP contribution is 2.14. The summed E-state index contributed by atoms with van der Waals surface area (Å²) in [5.74, 6) is -0.00423. The zero-order chi connectivity index (χ0) is 19.1. The number of amides is 1. The fourth-order valence-electron chi connectivity index (χ4n) is 3.25. The Balaban J connectivity index is 1.44. The first kappa shape index (κ1) is 19.8. The first-order valence-electron chi connectivity index (χ1n) is 9.49. The molecule has 1 heterocycles. The molecular weight excluding hydrogens is 362 g/mol. The van der Waals surface area contributed by atoms with Crippen LogP contribution in [0, 0.1) is 0 Å². The number of ether oxygens (including phenoxy) is 1. The van der Waals surface area contributed by atoms with Crippen LogP contribution in [0.3, 0.4) is 0 Å². The molecule has 1 aliphatic heterocycles. The lowest BCUT2D eigenvalue weighted by atomic mass is 10.1. The van der Waals surface area contributed by atoms with E-state index in [0.717, 1.165) is 49.1 Å². The second-order valence-electron chi connectivity index (χ2n) is 7.07. The topological polar surface area (TPSA) is 59.4 Å². The van der Waals surface area contributed by atoms with Gasteiger partial charge >= 0.3 is 0 Å². The summed E-state index contributed by atoms with van der Waals surface area (Å²) in [5.41, 5.74) is 3.24. The Morgan fingerprint density at radius 1 is 1.22 bits per heavy atom. The van der Waals surface area contributed by atoms with Gasteiger partial charge in [0.25, 0.3) is 5.91 Å². The predicted octanol–water partition coefficient (Wildman–Crippen LogP) is 1.02. The Bertz CT molecular complexity index is 745. The second kappa shape index (κ2) is 9.85. The smallest absolute Gasteiger partial charge is 0.279 e. The molecule has 0 unspecified atom stereocenters. The van der Waals surface area contributed by atoms with Crippen LogP contribution >= 0.6 is 11.6 Å². The van der Waals surface area contributed by atoms with E-state index in [0.29, 0.717) is 6.54 Å². The third-order valence-electron chi connectivity index (χ3n) is 4.92. The average Bonchev–Trinajstić information content (AvgIpc) is 2.68. The van der Waals surface area contributed by atoms with E-state index in [-0.39, 0.29) is 11.9 Å². The number of carbonyl (C=O) groups is 1. The number of hydrogen-bond donors (Lipinski definition) is 3. The fourth-order valence-corrected chi connectivity index (χ4v) is 3.45. The van der Waals surface area contributed by atoms with Crippen molar-refractivity contribution in [2.75, 3.05) is 38.2 Å². The Hall–Kier alpha value is -1.92. The molecule has 5 nitrogen and oxygen atoms in total. The Morgan fingerprint density at radius 2 is 1.96 bits per heavy atom. The molecule has 144 valence electrons. The van der Waals surface area contributed by atoms with Crippen LogP contribution in [0.15, 0.2) is 48.5 Å². The van der Waals surface area contributed by atoms with Gasteiger partial charge in [0.2, 0.25) is 0 Å². The van der Waals surface area contributed by atoms with E-state index in [9.17, 15) is 4.79 Å². The molecule has 0 radical (unpaired) electrons. The fraction of sp³-hybridized carbons (Fsp3) is 0.381. The number of benzene rings is 2. The highest BCUT2D eigenvalue weighted by atomic mass is 35.5. The standard InChI is InChI=1S/C21H26ClN3O2/c1-16(18-3-2-4-19(22)13-18)23-14-21(26)24-20-7-5-17(6-8-20)15-25-9-11-27-12-10-25/h2-8,13,16,23H,9-12,14-15H2,1H3,(H,24,26)/p+2/t16-/m0/s1. The van der Waals surface area contributed by atoms with Gasteiger partial charge in [0.05, 0.1) is 13.2 Å². The molecule has 0 aromatic heterocycles. The number of hydrogen-bond acceptors (Lipinski definition) is 2. The first-order chi connectivity index (χ1) is 13.1. The molecular formula is C21H28ClN3O2+2. The number of nitrogens with one attached hydrogen (secondary N) is 2. The Morgan fingerprint density at radius 3 is 2.67 bits per heavy atom. The average molecular weight is 390 g/mol. The van der Waals surface area contributed by atoms with Crippen LogP contribution in [0.2, 0.25) is 5.02 Å². The maximum atomic E-state index is 12.2. The first-order valence-corrected chi connectivity index (χ1v) is 9.87. The number of rotatable bonds is 7. The summed E-state index contributed by atoms with van der Waals surface area (Å²) in [6.45, 7) is 7.23. The van der Waals surface area contributed by atoms with Crippen LogP contribution in [0.1, 0.15) is 24.1 Å². The van der Waals surface area contributed by atoms with Crippen LogP contribution in [-0.2, 0) is 16.1 Å². The van der Waals surface area contributed by atoms with Crippen LogP contribution < -0.4 is 15.5 Å². The molecule has 2 aromatic carbocycles. The van der Waals surface area contributed by atoms with Crippen LogP contribution in [0.5, 0.6) is 0 Å². The minimum absolute atomic E-state index is 0.00423. The third kappa shape index (κ3) is 6.33. The normalized spacial score (nSPS) is 16.1. The van der Waals surface area contributed by atoms with Crippen LogP contribution in [0.4, 0.5) is 5.69 Å². The molecule has 2 aromatic rings. The SMILES string of the molecule is C[C@H]([NH2+]CC(=O)Nc1ccc(C[NH+]2CCOCC2)cc1)c1cccc(Cl)c1. The van der Waals surface area contributed by atoms with Crippen molar-refractivity contribution in [2.45, 2.75) is 19.5 Å². The van der Waals surface area contributed by atoms with Gasteiger partial charge in [-0.3, -0.25) is 4.79 Å². The van der Waals surface area contributed by atoms with Gasteiger partial charge in [-0.1, -0.05) is 35.9 Å². The van der Waals surface area contributed by atoms with Gasteiger partial charge < -0.3 is 20.3 Å². The molecule has 4 N–H and O–H groups in total. The third-order valence-corrected chi connectivity index (χ3v) is 5.16. The van der Waals surface area contributed by atoms with Crippen molar-refractivity contribution >= 4 is 23.2 Å². The largest absolute Gasteiger partial charge is 0.370 e. The zero-order valence-corrected chi connectivity index (χ0v) is 16.5. The van der Waals surface area contributed by atoms with Gasteiger partial charge in [0.1, 0.15) is 25.7 Å². The summed E-state index contributed by atoms with van der Waals surface area (Å²) >= 11 is 6.03. The van der Waals surface area contributed by atoms with E-state index in [2.05, 4.69) is 24.4 Å². The van der Waals surface area contributed by atoms with E-state index >= 15 is 0 Å². The van der Waals surface area contributed by atoms with Crippen molar-refractivity contribution in [3.8, 4) is 0 Å². The van der Waals surface area contributed by atoms with Crippen molar-refractivity contribution in [1.29, 1.82) is 0 Å². The summed E-state index contributed by atoms with van der Waals surface area (Å²) in [6.07, 6.45) is 0. The molecule has 1 aliphatic rings. The minimum atomic E-state index is -0.00423. The molecule has 3 rings (SSSR count). The molecule has 0 aliphatic carbocycles. The Labute approximate surface area is 165 Å². The highest BCUT2D eigenvalue weighted by molar-refractivity contribution is 6.30. The zero-order valence-electron chi connectivity index (χ0n) is 15.7. The lowest BCUT2D eigenvalue weighted by molar-refractivity contribution is -0.921. The maximum Gasteiger partial charge on any atom is 0.279 e. The number of halogens is 1. The summed E-state index contributed by atoms with van der Waals surface area (Å²) in [5, 5.41) is 5.70. The van der Waals surface area contributed by atoms with Crippen molar-refractivity contribution in [1.82, 2.24) is 0 Å². The summed E-state index contributed by atoms with van der Waals surface area (Å²) in [7, 11) is 0. The molecule has 1 saturated heterocycles. The number of nitrogens with two attached hydrogens (primary N) is 1. The van der Waals surface area contributed by atoms with Crippen molar-refractivity contribution in [2.24, 2.45) is 0 Å². The van der Waals surface area contributed by atoms with Gasteiger partial charge in [-0.15, -0.1) is 0 Å². The molecule has 1 atom stereocenters. The number of carbonyl (C=O) groups excluding carboxylic acids is 1. The van der Waals surface area contributed by atoms with Crippen molar-refractivity contribution in [3.63, 3.8) is 0 Å². The Kier molecular flexibility index (Phi) is 7.24. The molecule has 0 saturated carbocycles. The van der Waals surface area contributed by atoms with E-state index in [1.54, 1.807) is 4.90 Å². The quantitative estimate of drug-likeness (QED) is 0.662. The van der Waals surface area contributed by atoms with E-state index in [1.807, 2.05) is 41.7 Å². The van der Waals surface area contributed by atoms with Crippen molar-refractivity contribution in [3.05, 3.63) is 64.7 Å². The lowest BCUT2D eigenvalue weighted by Crippen LogP contribution is -3.12. The van der Waals surface area contributed by atoms with E-state index < -0.39 is 0 Å². The predicted molar refractivity (Wildman–Crippen MR) is 107 cm³/mol. The summed E-state index contributed by atoms with van der Waals surface area (Å²) in [6, 6.07) is 16.1. The maximum absolute atomic E-state index is 12.2. The number of quaternary nitrogens is 2. The second-order valence-corrected chi connectivity index (χ2v) is 7.50. The van der Waals surface area contributed by atoms with Gasteiger partial charge in [0, 0.05) is 21.8 Å². The van der Waals surface area contributed by atoms with Gasteiger partial charge in [-0.2, -0.15) is 0 Å². The highest BCUT2D eigenvalue weighted by Gasteiger charge is 2.15. The van der Waals surface area contributed by atoms with Crippen LogP contribution in [0.25, 0.3) is 0 Å². The summed E-state index contributed by atoms with van der Waals surface area (Å²) < 4.78 is 5.40. The molecule has 0 spiro atoms. The number of morpholine rings is 1. The molecule has 27 heavy (non-hydrogen) atoms. The molecule has 1 amide bonds. The molecule has 1 fully saturated rings. The lowest BCUT2D eigenvalue weighted by Gasteiger charge is -2.23. The molecule has 0 bridgehead atoms. The van der Waals surface area contributed by atoms with Crippen molar-refractivity contribution < 1.29 is 19.7 Å². The molecule has 6 heteroatoms. The monoisotopic (exact) mass is 389 g/mol. The van der Waals surface area contributed by atoms with Gasteiger partial charge in [-0.25, -0.2) is 0 Å². The van der Waals surface area contributed by atoms with Gasteiger partial charge in [-0.05, 0) is 31.2 Å². The van der Waals surface area contributed by atoms with E-state index in [1.165, 1.54) is 5.56 Å². The summed E-state index contributed by atoms with van der Waals surface area (Å²) in [4.78, 5) is 13.8. The van der Waals surface area contributed by atoms with Crippen LogP contribution in [-0.4, -0.2) is 38.8 Å². The number of anilines is 1. The minimum Gasteiger partial charge on any atom is -0.370 e.